The number of amides is 1. The molecule has 5 nitrogen and oxygen atoms in total. The number of hydrogen-bond acceptors (Lipinski definition) is 3. The summed E-state index contributed by atoms with van der Waals surface area (Å²) in [7, 11) is 1.84. The predicted octanol–water partition coefficient (Wildman–Crippen LogP) is 1.52. The second-order valence-electron chi connectivity index (χ2n) is 5.32. The molecule has 0 saturated heterocycles. The number of nitrogens with zero attached hydrogens (tertiary/aromatic N) is 3. The van der Waals surface area contributed by atoms with Crippen LogP contribution in [-0.4, -0.2) is 34.2 Å². The van der Waals surface area contributed by atoms with E-state index >= 15 is 0 Å². The Balaban J connectivity index is 2.17. The summed E-state index contributed by atoms with van der Waals surface area (Å²) >= 11 is 0. The van der Waals surface area contributed by atoms with Crippen LogP contribution in [0.15, 0.2) is 0 Å². The molecule has 2 rings (SSSR count). The van der Waals surface area contributed by atoms with Gasteiger partial charge in [-0.25, -0.2) is 0 Å². The lowest BCUT2D eigenvalue weighted by Gasteiger charge is -2.18. The van der Waals surface area contributed by atoms with Crippen molar-refractivity contribution in [1.29, 1.82) is 0 Å². The fourth-order valence-corrected chi connectivity index (χ4v) is 2.32. The summed E-state index contributed by atoms with van der Waals surface area (Å²) < 4.78 is 1.69. The van der Waals surface area contributed by atoms with Gasteiger partial charge in [0.1, 0.15) is 5.69 Å². The second-order valence-corrected chi connectivity index (χ2v) is 5.32. The molecular weight excluding hydrogens is 228 g/mol. The first kappa shape index (κ1) is 12.9. The van der Waals surface area contributed by atoms with E-state index in [2.05, 4.69) is 12.0 Å². The van der Waals surface area contributed by atoms with Gasteiger partial charge < -0.3 is 10.6 Å². The molecule has 1 aromatic heterocycles. The number of anilines is 1. The first-order valence-electron chi connectivity index (χ1n) is 6.54. The Morgan fingerprint density at radius 1 is 1.61 bits per heavy atom. The van der Waals surface area contributed by atoms with Gasteiger partial charge in [0, 0.05) is 20.1 Å². The van der Waals surface area contributed by atoms with Crippen molar-refractivity contribution in [3.63, 3.8) is 0 Å². The molecule has 1 amide bonds. The molecule has 5 heteroatoms. The molecule has 1 aliphatic rings. The lowest BCUT2D eigenvalue weighted by Crippen LogP contribution is -2.31. The molecule has 2 unspecified atom stereocenters. The minimum absolute atomic E-state index is 0.0194. The van der Waals surface area contributed by atoms with Crippen LogP contribution in [-0.2, 0) is 6.54 Å². The highest BCUT2D eigenvalue weighted by atomic mass is 16.2. The van der Waals surface area contributed by atoms with Crippen LogP contribution in [0.3, 0.4) is 0 Å². The zero-order valence-electron chi connectivity index (χ0n) is 11.6. The zero-order chi connectivity index (χ0) is 13.4. The molecular formula is C13H22N4O. The van der Waals surface area contributed by atoms with Crippen molar-refractivity contribution in [1.82, 2.24) is 14.7 Å². The van der Waals surface area contributed by atoms with Crippen LogP contribution in [0, 0.1) is 18.8 Å². The number of carbonyl (C=O) groups excluding carboxylic acids is 1. The SMILES string of the molecule is CCn1nc(C)c(N)c1C(=O)N(C)CC1CC1C. The van der Waals surface area contributed by atoms with Crippen molar-refractivity contribution >= 4 is 11.6 Å². The van der Waals surface area contributed by atoms with Gasteiger partial charge in [0.05, 0.1) is 11.4 Å². The zero-order valence-corrected chi connectivity index (χ0v) is 11.6. The van der Waals surface area contributed by atoms with Crippen LogP contribution >= 0.6 is 0 Å². The number of nitrogens with two attached hydrogens (primary N) is 1. The molecule has 0 bridgehead atoms. The summed E-state index contributed by atoms with van der Waals surface area (Å²) in [5, 5.41) is 4.29. The molecule has 2 N–H and O–H groups in total. The van der Waals surface area contributed by atoms with Gasteiger partial charge in [0.25, 0.3) is 5.91 Å². The molecule has 18 heavy (non-hydrogen) atoms. The van der Waals surface area contributed by atoms with Crippen molar-refractivity contribution in [3.8, 4) is 0 Å². The second kappa shape index (κ2) is 4.63. The highest BCUT2D eigenvalue weighted by Gasteiger charge is 2.35. The monoisotopic (exact) mass is 250 g/mol. The topological polar surface area (TPSA) is 64.2 Å². The number of nitrogen functional groups attached to an aromatic ring is 1. The normalized spacial score (nSPS) is 22.0. The smallest absolute Gasteiger partial charge is 0.274 e. The maximum Gasteiger partial charge on any atom is 0.274 e. The van der Waals surface area contributed by atoms with E-state index in [9.17, 15) is 4.79 Å². The molecule has 1 aromatic rings. The van der Waals surface area contributed by atoms with Crippen LogP contribution in [0.1, 0.15) is 36.5 Å². The minimum atomic E-state index is -0.0194. The summed E-state index contributed by atoms with van der Waals surface area (Å²) in [5.41, 5.74) is 7.74. The maximum absolute atomic E-state index is 12.4. The molecule has 0 radical (unpaired) electrons. The van der Waals surface area contributed by atoms with Crippen molar-refractivity contribution in [3.05, 3.63) is 11.4 Å². The molecule has 1 aliphatic carbocycles. The molecule has 0 spiro atoms. The van der Waals surface area contributed by atoms with Gasteiger partial charge >= 0.3 is 0 Å². The van der Waals surface area contributed by atoms with Gasteiger partial charge in [-0.15, -0.1) is 0 Å². The Morgan fingerprint density at radius 3 is 2.72 bits per heavy atom. The lowest BCUT2D eigenvalue weighted by molar-refractivity contribution is 0.0776. The Kier molecular flexibility index (Phi) is 3.32. The highest BCUT2D eigenvalue weighted by molar-refractivity contribution is 5.97. The molecule has 100 valence electrons. The predicted molar refractivity (Wildman–Crippen MR) is 71.3 cm³/mol. The maximum atomic E-state index is 12.4. The van der Waals surface area contributed by atoms with Gasteiger partial charge in [-0.1, -0.05) is 6.92 Å². The standard InChI is InChI=1S/C13H22N4O/c1-5-17-12(11(14)9(3)15-17)13(18)16(4)7-10-6-8(10)2/h8,10H,5-7,14H2,1-4H3. The van der Waals surface area contributed by atoms with E-state index in [4.69, 9.17) is 5.73 Å². The van der Waals surface area contributed by atoms with Crippen LogP contribution in [0.2, 0.25) is 0 Å². The average Bonchev–Trinajstić information content (AvgIpc) is 2.93. The summed E-state index contributed by atoms with van der Waals surface area (Å²) in [5.74, 6) is 1.38. The average molecular weight is 250 g/mol. The van der Waals surface area contributed by atoms with Crippen molar-refractivity contribution in [2.24, 2.45) is 11.8 Å². The van der Waals surface area contributed by atoms with E-state index in [1.807, 2.05) is 20.9 Å². The first-order valence-corrected chi connectivity index (χ1v) is 6.54. The van der Waals surface area contributed by atoms with Gasteiger partial charge in [-0.2, -0.15) is 5.10 Å². The van der Waals surface area contributed by atoms with E-state index in [-0.39, 0.29) is 5.91 Å². The van der Waals surface area contributed by atoms with E-state index in [0.29, 0.717) is 23.8 Å². The van der Waals surface area contributed by atoms with E-state index in [1.165, 1.54) is 6.42 Å². The first-order chi connectivity index (χ1) is 8.45. The largest absolute Gasteiger partial charge is 0.395 e. The summed E-state index contributed by atoms with van der Waals surface area (Å²) in [6.07, 6.45) is 1.22. The minimum Gasteiger partial charge on any atom is -0.395 e. The number of carbonyl (C=O) groups is 1. The van der Waals surface area contributed by atoms with E-state index in [1.54, 1.807) is 9.58 Å². The third-order valence-corrected chi connectivity index (χ3v) is 3.81. The summed E-state index contributed by atoms with van der Waals surface area (Å²) in [4.78, 5) is 14.2. The lowest BCUT2D eigenvalue weighted by atomic mass is 10.2. The number of rotatable bonds is 4. The quantitative estimate of drug-likeness (QED) is 0.881. The van der Waals surface area contributed by atoms with Gasteiger partial charge in [0.2, 0.25) is 0 Å². The van der Waals surface area contributed by atoms with Crippen LogP contribution in [0.5, 0.6) is 0 Å². The number of aromatic nitrogens is 2. The molecule has 1 fully saturated rings. The Labute approximate surface area is 108 Å². The fourth-order valence-electron chi connectivity index (χ4n) is 2.32. The molecule has 0 aliphatic heterocycles. The Morgan fingerprint density at radius 2 is 2.22 bits per heavy atom. The molecule has 1 saturated carbocycles. The van der Waals surface area contributed by atoms with Crippen molar-refractivity contribution in [2.45, 2.75) is 33.7 Å². The molecule has 0 aromatic carbocycles. The third kappa shape index (κ3) is 2.21. The molecule has 2 atom stereocenters. The van der Waals surface area contributed by atoms with Crippen molar-refractivity contribution in [2.75, 3.05) is 19.3 Å². The molecule has 1 heterocycles. The summed E-state index contributed by atoms with van der Waals surface area (Å²) in [6, 6.07) is 0. The van der Waals surface area contributed by atoms with E-state index in [0.717, 1.165) is 18.2 Å². The van der Waals surface area contributed by atoms with Gasteiger partial charge in [0.15, 0.2) is 0 Å². The van der Waals surface area contributed by atoms with Crippen LogP contribution < -0.4 is 5.73 Å². The Hall–Kier alpha value is -1.52. The van der Waals surface area contributed by atoms with Gasteiger partial charge in [-0.05, 0) is 32.1 Å². The van der Waals surface area contributed by atoms with Gasteiger partial charge in [-0.3, -0.25) is 9.48 Å². The number of aryl methyl sites for hydroxylation is 2. The fraction of sp³-hybridized carbons (Fsp3) is 0.692. The van der Waals surface area contributed by atoms with Crippen molar-refractivity contribution < 1.29 is 4.79 Å². The van der Waals surface area contributed by atoms with Crippen LogP contribution in [0.25, 0.3) is 0 Å². The highest BCUT2D eigenvalue weighted by Crippen LogP contribution is 2.38. The third-order valence-electron chi connectivity index (χ3n) is 3.81. The summed E-state index contributed by atoms with van der Waals surface area (Å²) in [6.45, 7) is 7.49. The van der Waals surface area contributed by atoms with E-state index < -0.39 is 0 Å². The Bertz CT molecular complexity index is 466. The van der Waals surface area contributed by atoms with Crippen LogP contribution in [0.4, 0.5) is 5.69 Å². The number of hydrogen-bond donors (Lipinski definition) is 1.